The summed E-state index contributed by atoms with van der Waals surface area (Å²) in [6, 6.07) is 8.25. The summed E-state index contributed by atoms with van der Waals surface area (Å²) in [5, 5.41) is 1.27. The van der Waals surface area contributed by atoms with Crippen LogP contribution in [0.5, 0.6) is 0 Å². The minimum absolute atomic E-state index is 0.601. The summed E-state index contributed by atoms with van der Waals surface area (Å²) in [6.07, 6.45) is 4.36. The van der Waals surface area contributed by atoms with E-state index in [0.717, 1.165) is 5.58 Å². The summed E-state index contributed by atoms with van der Waals surface area (Å²) < 4.78 is 5.52. The fourth-order valence-corrected chi connectivity index (χ4v) is 1.97. The molecule has 0 saturated heterocycles. The van der Waals surface area contributed by atoms with E-state index < -0.39 is 0 Å². The van der Waals surface area contributed by atoms with Crippen LogP contribution in [0.2, 0.25) is 0 Å². The zero-order valence-electron chi connectivity index (χ0n) is 8.79. The fourth-order valence-electron chi connectivity index (χ4n) is 1.97. The van der Waals surface area contributed by atoms with Gasteiger partial charge in [-0.3, -0.25) is 0 Å². The van der Waals surface area contributed by atoms with Gasteiger partial charge < -0.3 is 4.42 Å². The Kier molecular flexibility index (Phi) is 2.58. The lowest BCUT2D eigenvalue weighted by molar-refractivity contribution is 0.593. The highest BCUT2D eigenvalue weighted by molar-refractivity contribution is 5.81. The summed E-state index contributed by atoms with van der Waals surface area (Å²) in [7, 11) is 0. The van der Waals surface area contributed by atoms with Crippen molar-refractivity contribution < 1.29 is 4.42 Å². The van der Waals surface area contributed by atoms with E-state index in [1.165, 1.54) is 23.8 Å². The van der Waals surface area contributed by atoms with E-state index in [4.69, 9.17) is 4.42 Å². The molecule has 74 valence electrons. The van der Waals surface area contributed by atoms with Crippen molar-refractivity contribution in [2.75, 3.05) is 0 Å². The molecular weight excluding hydrogens is 172 g/mol. The zero-order valence-corrected chi connectivity index (χ0v) is 8.79. The van der Waals surface area contributed by atoms with Crippen molar-refractivity contribution in [2.24, 2.45) is 0 Å². The molecule has 0 fully saturated rings. The molecule has 1 heterocycles. The van der Waals surface area contributed by atoms with E-state index in [2.05, 4.69) is 26.0 Å². The number of hydrogen-bond donors (Lipinski definition) is 0. The molecule has 1 nitrogen and oxygen atoms in total. The van der Waals surface area contributed by atoms with Crippen LogP contribution in [0.1, 0.15) is 38.2 Å². The van der Waals surface area contributed by atoms with Gasteiger partial charge in [0.05, 0.1) is 6.26 Å². The van der Waals surface area contributed by atoms with Crippen LogP contribution < -0.4 is 0 Å². The molecule has 14 heavy (non-hydrogen) atoms. The van der Waals surface area contributed by atoms with Gasteiger partial charge in [0.1, 0.15) is 5.58 Å². The van der Waals surface area contributed by atoms with Gasteiger partial charge in [0.25, 0.3) is 0 Å². The van der Waals surface area contributed by atoms with Gasteiger partial charge in [0, 0.05) is 10.9 Å². The number of hydrogen-bond acceptors (Lipinski definition) is 1. The molecule has 0 saturated carbocycles. The SMILES string of the molecule is CCCC(C)c1coc2ccccc12. The Morgan fingerprint density at radius 3 is 2.86 bits per heavy atom. The number of benzene rings is 1. The Morgan fingerprint density at radius 1 is 1.29 bits per heavy atom. The predicted molar refractivity (Wildman–Crippen MR) is 59.5 cm³/mol. The van der Waals surface area contributed by atoms with Crippen molar-refractivity contribution in [3.63, 3.8) is 0 Å². The minimum atomic E-state index is 0.601. The normalized spacial score (nSPS) is 13.3. The Hall–Kier alpha value is -1.24. The van der Waals surface area contributed by atoms with Gasteiger partial charge in [0.2, 0.25) is 0 Å². The molecule has 0 spiro atoms. The van der Waals surface area contributed by atoms with Crippen molar-refractivity contribution in [1.29, 1.82) is 0 Å². The van der Waals surface area contributed by atoms with Crippen molar-refractivity contribution in [3.05, 3.63) is 36.1 Å². The van der Waals surface area contributed by atoms with Gasteiger partial charge in [-0.1, -0.05) is 38.5 Å². The van der Waals surface area contributed by atoms with Gasteiger partial charge in [-0.2, -0.15) is 0 Å². The molecule has 2 aromatic rings. The van der Waals surface area contributed by atoms with Gasteiger partial charge in [-0.15, -0.1) is 0 Å². The number of furan rings is 1. The fraction of sp³-hybridized carbons (Fsp3) is 0.385. The first-order chi connectivity index (χ1) is 6.83. The average molecular weight is 188 g/mol. The first kappa shape index (κ1) is 9.32. The molecule has 0 bridgehead atoms. The molecule has 0 N–H and O–H groups in total. The second-order valence-electron chi connectivity index (χ2n) is 3.88. The summed E-state index contributed by atoms with van der Waals surface area (Å²) in [6.45, 7) is 4.49. The molecule has 1 unspecified atom stereocenters. The Morgan fingerprint density at radius 2 is 2.07 bits per heavy atom. The average Bonchev–Trinajstić information content (AvgIpc) is 2.61. The molecule has 1 heteroatoms. The van der Waals surface area contributed by atoms with Gasteiger partial charge in [-0.05, 0) is 18.4 Å². The number of rotatable bonds is 3. The maximum absolute atomic E-state index is 5.52. The largest absolute Gasteiger partial charge is 0.464 e. The van der Waals surface area contributed by atoms with Crippen LogP contribution in [0.25, 0.3) is 11.0 Å². The summed E-state index contributed by atoms with van der Waals surface area (Å²) in [5.41, 5.74) is 2.35. The first-order valence-electron chi connectivity index (χ1n) is 5.29. The molecular formula is C13H16O. The molecule has 1 aromatic carbocycles. The molecule has 1 atom stereocenters. The first-order valence-corrected chi connectivity index (χ1v) is 5.29. The molecule has 0 aliphatic heterocycles. The van der Waals surface area contributed by atoms with Gasteiger partial charge in [0.15, 0.2) is 0 Å². The highest BCUT2D eigenvalue weighted by Gasteiger charge is 2.10. The Bertz CT molecular complexity index is 414. The highest BCUT2D eigenvalue weighted by Crippen LogP contribution is 2.29. The maximum Gasteiger partial charge on any atom is 0.134 e. The van der Waals surface area contributed by atoms with E-state index in [0.29, 0.717) is 5.92 Å². The van der Waals surface area contributed by atoms with Crippen LogP contribution in [0.3, 0.4) is 0 Å². The lowest BCUT2D eigenvalue weighted by atomic mass is 9.96. The van der Waals surface area contributed by atoms with E-state index >= 15 is 0 Å². The van der Waals surface area contributed by atoms with E-state index in [1.54, 1.807) is 0 Å². The van der Waals surface area contributed by atoms with E-state index in [9.17, 15) is 0 Å². The minimum Gasteiger partial charge on any atom is -0.464 e. The second kappa shape index (κ2) is 3.87. The van der Waals surface area contributed by atoms with Crippen LogP contribution in [-0.2, 0) is 0 Å². The molecule has 0 aliphatic rings. The standard InChI is InChI=1S/C13H16O/c1-3-6-10(2)12-9-14-13-8-5-4-7-11(12)13/h4-5,7-10H,3,6H2,1-2H3. The zero-order chi connectivity index (χ0) is 9.97. The smallest absolute Gasteiger partial charge is 0.134 e. The molecule has 0 amide bonds. The number of fused-ring (bicyclic) bond motifs is 1. The van der Waals surface area contributed by atoms with E-state index in [1.807, 2.05) is 18.4 Å². The quantitative estimate of drug-likeness (QED) is 0.698. The third-order valence-corrected chi connectivity index (χ3v) is 2.76. The summed E-state index contributed by atoms with van der Waals surface area (Å²) in [5.74, 6) is 0.601. The summed E-state index contributed by atoms with van der Waals surface area (Å²) in [4.78, 5) is 0. The van der Waals surface area contributed by atoms with Crippen molar-refractivity contribution in [2.45, 2.75) is 32.6 Å². The number of para-hydroxylation sites is 1. The topological polar surface area (TPSA) is 13.1 Å². The third kappa shape index (κ3) is 1.54. The van der Waals surface area contributed by atoms with Crippen LogP contribution in [0, 0.1) is 0 Å². The lowest BCUT2D eigenvalue weighted by Crippen LogP contribution is -1.90. The van der Waals surface area contributed by atoms with Crippen LogP contribution in [0.4, 0.5) is 0 Å². The Balaban J connectivity index is 2.42. The molecule has 0 radical (unpaired) electrons. The molecule has 0 aliphatic carbocycles. The van der Waals surface area contributed by atoms with Crippen LogP contribution in [0.15, 0.2) is 34.9 Å². The monoisotopic (exact) mass is 188 g/mol. The van der Waals surface area contributed by atoms with Crippen molar-refractivity contribution in [3.8, 4) is 0 Å². The van der Waals surface area contributed by atoms with Crippen LogP contribution >= 0.6 is 0 Å². The third-order valence-electron chi connectivity index (χ3n) is 2.76. The second-order valence-corrected chi connectivity index (χ2v) is 3.88. The molecule has 1 aromatic heterocycles. The van der Waals surface area contributed by atoms with E-state index in [-0.39, 0.29) is 0 Å². The summed E-state index contributed by atoms with van der Waals surface area (Å²) >= 11 is 0. The highest BCUT2D eigenvalue weighted by atomic mass is 16.3. The van der Waals surface area contributed by atoms with Crippen molar-refractivity contribution in [1.82, 2.24) is 0 Å². The maximum atomic E-state index is 5.52. The van der Waals surface area contributed by atoms with Crippen LogP contribution in [-0.4, -0.2) is 0 Å². The molecule has 2 rings (SSSR count). The lowest BCUT2D eigenvalue weighted by Gasteiger charge is -2.06. The predicted octanol–water partition coefficient (Wildman–Crippen LogP) is 4.34. The van der Waals surface area contributed by atoms with Crippen molar-refractivity contribution >= 4 is 11.0 Å². The van der Waals surface area contributed by atoms with Gasteiger partial charge in [-0.25, -0.2) is 0 Å². The Labute approximate surface area is 84.7 Å². The van der Waals surface area contributed by atoms with Gasteiger partial charge >= 0.3 is 0 Å².